The Morgan fingerprint density at radius 3 is 2.77 bits per heavy atom. The highest BCUT2D eigenvalue weighted by Crippen LogP contribution is 2.20. The van der Waals surface area contributed by atoms with E-state index in [9.17, 15) is 4.79 Å². The Morgan fingerprint density at radius 2 is 2.23 bits per heavy atom. The number of likely N-dealkylation sites (N-methyl/N-ethyl adjacent to an activating group) is 2. The highest BCUT2D eigenvalue weighted by molar-refractivity contribution is 5.85. The van der Waals surface area contributed by atoms with Gasteiger partial charge in [0.05, 0.1) is 6.20 Å². The number of nitrogens with one attached hydrogen (secondary N) is 1. The fourth-order valence-electron chi connectivity index (χ4n) is 2.76. The highest BCUT2D eigenvalue weighted by Gasteiger charge is 2.24. The van der Waals surface area contributed by atoms with E-state index in [4.69, 9.17) is 4.74 Å². The monoisotopic (exact) mass is 330 g/mol. The van der Waals surface area contributed by atoms with Gasteiger partial charge in [0.1, 0.15) is 6.04 Å². The van der Waals surface area contributed by atoms with Crippen molar-refractivity contribution in [3.63, 3.8) is 0 Å². The molecule has 22 heavy (non-hydrogen) atoms. The molecule has 0 radical (unpaired) electrons. The molecule has 0 aromatic carbocycles. The van der Waals surface area contributed by atoms with Crippen molar-refractivity contribution in [2.24, 2.45) is 13.0 Å². The second kappa shape index (κ2) is 9.12. The average Bonchev–Trinajstić information content (AvgIpc) is 2.92. The first kappa shape index (κ1) is 18.9. The van der Waals surface area contributed by atoms with Crippen molar-refractivity contribution in [3.05, 3.63) is 18.0 Å². The van der Waals surface area contributed by atoms with Crippen molar-refractivity contribution < 1.29 is 9.53 Å². The van der Waals surface area contributed by atoms with Gasteiger partial charge in [-0.25, -0.2) is 0 Å². The Morgan fingerprint density at radius 1 is 1.55 bits per heavy atom. The minimum Gasteiger partial charge on any atom is -0.381 e. The molecule has 2 rings (SSSR count). The van der Waals surface area contributed by atoms with Gasteiger partial charge in [0, 0.05) is 45.6 Å². The van der Waals surface area contributed by atoms with Crippen molar-refractivity contribution in [2.75, 3.05) is 33.9 Å². The van der Waals surface area contributed by atoms with Crippen LogP contribution in [0.15, 0.2) is 12.4 Å². The van der Waals surface area contributed by atoms with Gasteiger partial charge in [-0.15, -0.1) is 12.4 Å². The maximum atomic E-state index is 12.6. The highest BCUT2D eigenvalue weighted by atomic mass is 35.5. The summed E-state index contributed by atoms with van der Waals surface area (Å²) in [6, 6.07) is -0.321. The van der Waals surface area contributed by atoms with E-state index in [0.29, 0.717) is 5.92 Å². The fourth-order valence-corrected chi connectivity index (χ4v) is 2.76. The molecule has 1 N–H and O–H groups in total. The van der Waals surface area contributed by atoms with Gasteiger partial charge in [-0.2, -0.15) is 5.10 Å². The molecule has 0 bridgehead atoms. The van der Waals surface area contributed by atoms with Crippen LogP contribution < -0.4 is 5.32 Å². The lowest BCUT2D eigenvalue weighted by Crippen LogP contribution is -2.38. The predicted octanol–water partition coefficient (Wildman–Crippen LogP) is 1.38. The summed E-state index contributed by atoms with van der Waals surface area (Å²) in [6.07, 6.45) is 6.89. The van der Waals surface area contributed by atoms with Crippen LogP contribution in [-0.4, -0.2) is 54.4 Å². The number of rotatable bonds is 6. The maximum Gasteiger partial charge on any atom is 0.244 e. The number of halogens is 1. The zero-order valence-corrected chi connectivity index (χ0v) is 14.4. The molecule has 1 aromatic rings. The van der Waals surface area contributed by atoms with Crippen LogP contribution in [0.5, 0.6) is 0 Å². The smallest absolute Gasteiger partial charge is 0.244 e. The maximum absolute atomic E-state index is 12.6. The van der Waals surface area contributed by atoms with Crippen LogP contribution in [0.4, 0.5) is 0 Å². The Labute approximate surface area is 138 Å². The van der Waals surface area contributed by atoms with Crippen LogP contribution in [-0.2, 0) is 16.6 Å². The van der Waals surface area contributed by atoms with Gasteiger partial charge in [-0.3, -0.25) is 9.48 Å². The second-order valence-electron chi connectivity index (χ2n) is 5.77. The SMILES string of the molecule is CNC(C(=O)N(C)CCC1CCOCC1)c1cnn(C)c1.Cl. The number of aromatic nitrogens is 2. The molecule has 1 atom stereocenters. The van der Waals surface area contributed by atoms with E-state index in [1.54, 1.807) is 10.9 Å². The van der Waals surface area contributed by atoms with Gasteiger partial charge < -0.3 is 15.0 Å². The molecular formula is C15H27ClN4O2. The number of carbonyl (C=O) groups excluding carboxylic acids is 1. The number of carbonyl (C=O) groups is 1. The zero-order valence-electron chi connectivity index (χ0n) is 13.6. The Hall–Kier alpha value is -1.11. The molecule has 0 saturated carbocycles. The lowest BCUT2D eigenvalue weighted by molar-refractivity contribution is -0.132. The van der Waals surface area contributed by atoms with E-state index < -0.39 is 0 Å². The van der Waals surface area contributed by atoms with Gasteiger partial charge in [0.2, 0.25) is 5.91 Å². The third kappa shape index (κ3) is 4.97. The lowest BCUT2D eigenvalue weighted by atomic mass is 9.96. The second-order valence-corrected chi connectivity index (χ2v) is 5.77. The molecule has 1 unspecified atom stereocenters. The van der Waals surface area contributed by atoms with Crippen LogP contribution in [0.25, 0.3) is 0 Å². The van der Waals surface area contributed by atoms with Crippen LogP contribution in [0.3, 0.4) is 0 Å². The third-order valence-corrected chi connectivity index (χ3v) is 4.18. The summed E-state index contributed by atoms with van der Waals surface area (Å²) in [5.41, 5.74) is 0.905. The van der Waals surface area contributed by atoms with E-state index in [1.807, 2.05) is 32.2 Å². The summed E-state index contributed by atoms with van der Waals surface area (Å²) >= 11 is 0. The largest absolute Gasteiger partial charge is 0.381 e. The molecule has 1 amide bonds. The van der Waals surface area contributed by atoms with E-state index in [2.05, 4.69) is 10.4 Å². The number of hydrogen-bond donors (Lipinski definition) is 1. The van der Waals surface area contributed by atoms with Crippen molar-refractivity contribution in [2.45, 2.75) is 25.3 Å². The van der Waals surface area contributed by atoms with Crippen molar-refractivity contribution in [1.82, 2.24) is 20.0 Å². The predicted molar refractivity (Wildman–Crippen MR) is 88.1 cm³/mol. The zero-order chi connectivity index (χ0) is 15.2. The Balaban J connectivity index is 0.00000242. The van der Waals surface area contributed by atoms with Crippen LogP contribution in [0.2, 0.25) is 0 Å². The van der Waals surface area contributed by atoms with Crippen molar-refractivity contribution >= 4 is 18.3 Å². The minimum absolute atomic E-state index is 0. The van der Waals surface area contributed by atoms with Crippen LogP contribution >= 0.6 is 12.4 Å². The van der Waals surface area contributed by atoms with Gasteiger partial charge >= 0.3 is 0 Å². The number of nitrogens with zero attached hydrogens (tertiary/aromatic N) is 3. The van der Waals surface area contributed by atoms with Crippen molar-refractivity contribution in [1.29, 1.82) is 0 Å². The molecule has 6 nitrogen and oxygen atoms in total. The first-order chi connectivity index (χ1) is 10.1. The molecule has 126 valence electrons. The van der Waals surface area contributed by atoms with Crippen molar-refractivity contribution in [3.8, 4) is 0 Å². The van der Waals surface area contributed by atoms with E-state index in [1.165, 1.54) is 0 Å². The molecule has 7 heteroatoms. The lowest BCUT2D eigenvalue weighted by Gasteiger charge is -2.27. The number of aryl methyl sites for hydroxylation is 1. The first-order valence-corrected chi connectivity index (χ1v) is 7.60. The summed E-state index contributed by atoms with van der Waals surface area (Å²) in [5.74, 6) is 0.776. The summed E-state index contributed by atoms with van der Waals surface area (Å²) in [5, 5.41) is 7.22. The van der Waals surface area contributed by atoms with Crippen LogP contribution in [0.1, 0.15) is 30.9 Å². The summed E-state index contributed by atoms with van der Waals surface area (Å²) < 4.78 is 7.09. The third-order valence-electron chi connectivity index (χ3n) is 4.18. The molecular weight excluding hydrogens is 304 g/mol. The quantitative estimate of drug-likeness (QED) is 0.856. The molecule has 0 spiro atoms. The van der Waals surface area contributed by atoms with Crippen LogP contribution in [0, 0.1) is 5.92 Å². The molecule has 0 aliphatic carbocycles. The number of ether oxygens (including phenoxy) is 1. The number of amides is 1. The van der Waals surface area contributed by atoms with E-state index >= 15 is 0 Å². The molecule has 1 saturated heterocycles. The number of hydrogen-bond acceptors (Lipinski definition) is 4. The normalized spacial score (nSPS) is 16.9. The molecule has 1 fully saturated rings. The fraction of sp³-hybridized carbons (Fsp3) is 0.733. The Kier molecular flexibility index (Phi) is 7.85. The minimum atomic E-state index is -0.321. The van der Waals surface area contributed by atoms with E-state index in [-0.39, 0.29) is 24.4 Å². The molecule has 1 aliphatic heterocycles. The summed E-state index contributed by atoms with van der Waals surface area (Å²) in [7, 11) is 5.54. The topological polar surface area (TPSA) is 59.4 Å². The van der Waals surface area contributed by atoms with Gasteiger partial charge in [0.15, 0.2) is 0 Å². The molecule has 1 aromatic heterocycles. The summed E-state index contributed by atoms with van der Waals surface area (Å²) in [4.78, 5) is 14.4. The standard InChI is InChI=1S/C15H26N4O2.ClH/c1-16-14(13-10-17-19(3)11-13)15(20)18(2)7-4-12-5-8-21-9-6-12;/h10-12,14,16H,4-9H2,1-3H3;1H. The van der Waals surface area contributed by atoms with E-state index in [0.717, 1.165) is 44.6 Å². The van der Waals surface area contributed by atoms with Gasteiger partial charge in [0.25, 0.3) is 0 Å². The summed E-state index contributed by atoms with van der Waals surface area (Å²) in [6.45, 7) is 2.51. The molecule has 2 heterocycles. The van der Waals surface area contributed by atoms with Gasteiger partial charge in [-0.1, -0.05) is 0 Å². The van der Waals surface area contributed by atoms with Gasteiger partial charge in [-0.05, 0) is 32.2 Å². The molecule has 1 aliphatic rings. The Bertz CT molecular complexity index is 460. The first-order valence-electron chi connectivity index (χ1n) is 7.60. The average molecular weight is 331 g/mol.